The molecule has 1 unspecified atom stereocenters. The Morgan fingerprint density at radius 2 is 1.94 bits per heavy atom. The fourth-order valence-corrected chi connectivity index (χ4v) is 3.70. The Balaban J connectivity index is 1.85. The highest BCUT2D eigenvalue weighted by atomic mass is 16.4. The summed E-state index contributed by atoms with van der Waals surface area (Å²) in [5.41, 5.74) is 6.55. The largest absolute Gasteiger partial charge is 0.465 e. The third-order valence-electron chi connectivity index (χ3n) is 4.78. The van der Waals surface area contributed by atoms with Crippen molar-refractivity contribution in [2.45, 2.75) is 51.0 Å². The lowest BCUT2D eigenvalue weighted by molar-refractivity contribution is 0.0469. The molecule has 4 nitrogen and oxygen atoms in total. The van der Waals surface area contributed by atoms with Crippen molar-refractivity contribution in [1.82, 2.24) is 4.90 Å². The van der Waals surface area contributed by atoms with Gasteiger partial charge in [-0.05, 0) is 56.3 Å². The quantitative estimate of drug-likeness (QED) is 0.792. The molecule has 0 aromatic carbocycles. The number of carboxylic acid groups (broad SMARTS) is 1. The Labute approximate surface area is 103 Å². The van der Waals surface area contributed by atoms with Crippen molar-refractivity contribution in [1.29, 1.82) is 0 Å². The molecule has 3 rings (SSSR count). The highest BCUT2D eigenvalue weighted by Crippen LogP contribution is 2.52. The molecular weight excluding hydrogens is 216 g/mol. The normalized spacial score (nSPS) is 33.4. The molecular formula is C13H24N2O2. The summed E-state index contributed by atoms with van der Waals surface area (Å²) in [6, 6.07) is -0.00856. The minimum absolute atomic E-state index is 0.00856. The number of amides is 1. The summed E-state index contributed by atoms with van der Waals surface area (Å²) in [6.07, 6.45) is 8.12. The van der Waals surface area contributed by atoms with Gasteiger partial charge in [-0.25, -0.2) is 4.79 Å². The van der Waals surface area contributed by atoms with E-state index < -0.39 is 6.09 Å². The van der Waals surface area contributed by atoms with Gasteiger partial charge in [0.1, 0.15) is 0 Å². The second kappa shape index (κ2) is 4.84. The molecule has 3 saturated carbocycles. The third kappa shape index (κ3) is 2.92. The van der Waals surface area contributed by atoms with Crippen LogP contribution in [0, 0.1) is 11.3 Å². The number of nitrogens with two attached hydrogens (primary N) is 1. The van der Waals surface area contributed by atoms with Gasteiger partial charge >= 0.3 is 6.09 Å². The van der Waals surface area contributed by atoms with Crippen molar-refractivity contribution >= 4 is 6.09 Å². The van der Waals surface area contributed by atoms with E-state index in [1.807, 2.05) is 0 Å². The van der Waals surface area contributed by atoms with Crippen molar-refractivity contribution in [2.75, 3.05) is 13.6 Å². The van der Waals surface area contributed by atoms with Gasteiger partial charge in [-0.2, -0.15) is 0 Å². The molecule has 0 radical (unpaired) electrons. The van der Waals surface area contributed by atoms with Gasteiger partial charge in [0.2, 0.25) is 0 Å². The predicted molar refractivity (Wildman–Crippen MR) is 66.9 cm³/mol. The first-order valence-corrected chi connectivity index (χ1v) is 6.70. The Kier molecular flexibility index (Phi) is 3.61. The number of fused-ring (bicyclic) bond motifs is 3. The second-order valence-electron chi connectivity index (χ2n) is 6.11. The highest BCUT2D eigenvalue weighted by Gasteiger charge is 2.41. The van der Waals surface area contributed by atoms with Crippen LogP contribution in [0.15, 0.2) is 0 Å². The average molecular weight is 240 g/mol. The van der Waals surface area contributed by atoms with Gasteiger partial charge in [-0.15, -0.1) is 0 Å². The Morgan fingerprint density at radius 3 is 2.41 bits per heavy atom. The summed E-state index contributed by atoms with van der Waals surface area (Å²) >= 11 is 0. The van der Waals surface area contributed by atoms with Crippen LogP contribution in [0.1, 0.15) is 44.9 Å². The van der Waals surface area contributed by atoms with Crippen molar-refractivity contribution in [2.24, 2.45) is 17.1 Å². The van der Waals surface area contributed by atoms with Crippen LogP contribution in [0.4, 0.5) is 4.79 Å². The molecule has 0 saturated heterocycles. The van der Waals surface area contributed by atoms with Gasteiger partial charge in [0.05, 0.1) is 0 Å². The summed E-state index contributed by atoms with van der Waals surface area (Å²) < 4.78 is 0. The van der Waals surface area contributed by atoms with E-state index in [2.05, 4.69) is 0 Å². The van der Waals surface area contributed by atoms with Crippen molar-refractivity contribution in [3.8, 4) is 0 Å². The average Bonchev–Trinajstić information content (AvgIpc) is 2.30. The van der Waals surface area contributed by atoms with E-state index in [-0.39, 0.29) is 6.04 Å². The molecule has 2 bridgehead atoms. The zero-order chi connectivity index (χ0) is 12.5. The minimum atomic E-state index is -0.884. The zero-order valence-electron chi connectivity index (χ0n) is 10.7. The number of hydrogen-bond donors (Lipinski definition) is 2. The van der Waals surface area contributed by atoms with Crippen molar-refractivity contribution in [3.63, 3.8) is 0 Å². The van der Waals surface area contributed by atoms with Crippen LogP contribution in [0.25, 0.3) is 0 Å². The van der Waals surface area contributed by atoms with Crippen molar-refractivity contribution < 1.29 is 9.90 Å². The molecule has 17 heavy (non-hydrogen) atoms. The molecule has 1 amide bonds. The lowest BCUT2D eigenvalue weighted by atomic mass is 9.58. The van der Waals surface area contributed by atoms with E-state index in [1.165, 1.54) is 43.4 Å². The smallest absolute Gasteiger partial charge is 0.407 e. The molecule has 1 atom stereocenters. The van der Waals surface area contributed by atoms with Gasteiger partial charge in [-0.1, -0.05) is 0 Å². The number of rotatable bonds is 4. The van der Waals surface area contributed by atoms with Crippen LogP contribution in [-0.4, -0.2) is 35.7 Å². The number of likely N-dealkylation sites (N-methyl/N-ethyl adjacent to an activating group) is 1. The fraction of sp³-hybridized carbons (Fsp3) is 0.923. The van der Waals surface area contributed by atoms with Gasteiger partial charge in [0.25, 0.3) is 0 Å². The SMILES string of the molecule is CN(CC(N)CC12CCC(CC1)CC2)C(=O)O. The predicted octanol–water partition coefficient (Wildman–Crippen LogP) is 2.28. The second-order valence-corrected chi connectivity index (χ2v) is 6.11. The lowest BCUT2D eigenvalue weighted by Gasteiger charge is -2.48. The van der Waals surface area contributed by atoms with E-state index in [9.17, 15) is 4.79 Å². The number of carbonyl (C=O) groups is 1. The summed E-state index contributed by atoms with van der Waals surface area (Å²) in [5, 5.41) is 8.84. The lowest BCUT2D eigenvalue weighted by Crippen LogP contribution is -2.44. The Bertz CT molecular complexity index is 271. The molecule has 0 heterocycles. The van der Waals surface area contributed by atoms with E-state index in [4.69, 9.17) is 10.8 Å². The Hall–Kier alpha value is -0.770. The first kappa shape index (κ1) is 12.7. The first-order chi connectivity index (χ1) is 8.01. The molecule has 3 fully saturated rings. The van der Waals surface area contributed by atoms with Crippen LogP contribution in [0.2, 0.25) is 0 Å². The van der Waals surface area contributed by atoms with Gasteiger partial charge in [-0.3, -0.25) is 0 Å². The Morgan fingerprint density at radius 1 is 1.41 bits per heavy atom. The molecule has 0 aliphatic heterocycles. The van der Waals surface area contributed by atoms with Gasteiger partial charge < -0.3 is 15.7 Å². The molecule has 98 valence electrons. The van der Waals surface area contributed by atoms with Crippen LogP contribution in [0.5, 0.6) is 0 Å². The van der Waals surface area contributed by atoms with Crippen LogP contribution in [-0.2, 0) is 0 Å². The maximum absolute atomic E-state index is 10.8. The molecule has 4 heteroatoms. The zero-order valence-corrected chi connectivity index (χ0v) is 10.7. The number of hydrogen-bond acceptors (Lipinski definition) is 2. The molecule has 0 aromatic rings. The molecule has 3 aliphatic rings. The van der Waals surface area contributed by atoms with Crippen LogP contribution in [0.3, 0.4) is 0 Å². The highest BCUT2D eigenvalue weighted by molar-refractivity contribution is 5.64. The summed E-state index contributed by atoms with van der Waals surface area (Å²) in [5.74, 6) is 0.967. The molecule has 0 spiro atoms. The minimum Gasteiger partial charge on any atom is -0.465 e. The number of nitrogens with zero attached hydrogens (tertiary/aromatic N) is 1. The summed E-state index contributed by atoms with van der Waals surface area (Å²) in [6.45, 7) is 0.459. The van der Waals surface area contributed by atoms with Crippen LogP contribution < -0.4 is 5.73 Å². The standard InChI is InChI=1S/C13H24N2O2/c1-15(12(16)17)9-11(14)8-13-5-2-10(3-6-13)4-7-13/h10-11H,2-9,14H2,1H3,(H,16,17). The van der Waals surface area contributed by atoms with E-state index in [0.717, 1.165) is 12.3 Å². The van der Waals surface area contributed by atoms with Gasteiger partial charge in [0.15, 0.2) is 0 Å². The maximum Gasteiger partial charge on any atom is 0.407 e. The third-order valence-corrected chi connectivity index (χ3v) is 4.78. The maximum atomic E-state index is 10.8. The van der Waals surface area contributed by atoms with Crippen molar-refractivity contribution in [3.05, 3.63) is 0 Å². The molecule has 3 N–H and O–H groups in total. The van der Waals surface area contributed by atoms with E-state index >= 15 is 0 Å². The van der Waals surface area contributed by atoms with E-state index in [0.29, 0.717) is 12.0 Å². The summed E-state index contributed by atoms with van der Waals surface area (Å²) in [4.78, 5) is 12.1. The topological polar surface area (TPSA) is 66.6 Å². The fourth-order valence-electron chi connectivity index (χ4n) is 3.70. The molecule has 0 aromatic heterocycles. The van der Waals surface area contributed by atoms with Crippen LogP contribution >= 0.6 is 0 Å². The van der Waals surface area contributed by atoms with E-state index in [1.54, 1.807) is 7.05 Å². The van der Waals surface area contributed by atoms with Gasteiger partial charge in [0, 0.05) is 19.6 Å². The summed E-state index contributed by atoms with van der Waals surface area (Å²) in [7, 11) is 1.59. The first-order valence-electron chi connectivity index (χ1n) is 6.70. The molecule has 3 aliphatic carbocycles. The monoisotopic (exact) mass is 240 g/mol.